The number of nitrogens with zero attached hydrogens (tertiary/aromatic N) is 1. The first-order valence-corrected chi connectivity index (χ1v) is 9.16. The van der Waals surface area contributed by atoms with Gasteiger partial charge < -0.3 is 15.4 Å². The lowest BCUT2D eigenvalue weighted by molar-refractivity contribution is -0.128. The molecule has 30 heavy (non-hydrogen) atoms. The third kappa shape index (κ3) is 7.20. The number of hydrogen-bond acceptors (Lipinski definition) is 6. The van der Waals surface area contributed by atoms with Gasteiger partial charge in [0.05, 0.1) is 17.7 Å². The number of anilines is 1. The highest BCUT2D eigenvalue weighted by Crippen LogP contribution is 2.11. The Morgan fingerprint density at radius 3 is 2.27 bits per heavy atom. The molecule has 0 saturated heterocycles. The average molecular weight is 407 g/mol. The molecule has 0 radical (unpaired) electrons. The van der Waals surface area contributed by atoms with Crippen LogP contribution < -0.4 is 10.6 Å². The maximum atomic E-state index is 12.1. The van der Waals surface area contributed by atoms with Gasteiger partial charge in [-0.15, -0.1) is 0 Å². The van der Waals surface area contributed by atoms with Gasteiger partial charge in [-0.1, -0.05) is 30.3 Å². The van der Waals surface area contributed by atoms with Crippen molar-refractivity contribution in [2.75, 3.05) is 11.9 Å². The second-order valence-corrected chi connectivity index (χ2v) is 6.46. The predicted octanol–water partition coefficient (Wildman–Crippen LogP) is 2.01. The van der Waals surface area contributed by atoms with Gasteiger partial charge in [0.1, 0.15) is 6.42 Å². The van der Waals surface area contributed by atoms with Crippen LogP contribution in [-0.4, -0.2) is 36.2 Å². The highest BCUT2D eigenvalue weighted by Gasteiger charge is 2.19. The van der Waals surface area contributed by atoms with E-state index in [1.54, 1.807) is 6.07 Å². The molecule has 0 saturated carbocycles. The Kier molecular flexibility index (Phi) is 8.27. The largest absolute Gasteiger partial charge is 0.452 e. The standard InChI is InChI=1S/C22H21N3O5/c1-15(26)19(13-16-5-3-2-4-6-16)25-21(28)14-30-22(29)17-7-9-18(10-8-17)24-20(27)11-12-23/h2-10,19H,11,13-14H2,1H3,(H,24,27)(H,25,28)/t19-/m1/s1. The number of hydrogen-bond donors (Lipinski definition) is 2. The second kappa shape index (κ2) is 11.1. The summed E-state index contributed by atoms with van der Waals surface area (Å²) < 4.78 is 4.99. The first-order chi connectivity index (χ1) is 14.4. The van der Waals surface area contributed by atoms with Crippen molar-refractivity contribution in [3.63, 3.8) is 0 Å². The molecular weight excluding hydrogens is 386 g/mol. The lowest BCUT2D eigenvalue weighted by Crippen LogP contribution is -2.43. The molecule has 8 nitrogen and oxygen atoms in total. The van der Waals surface area contributed by atoms with Gasteiger partial charge >= 0.3 is 5.97 Å². The number of esters is 1. The second-order valence-electron chi connectivity index (χ2n) is 6.46. The summed E-state index contributed by atoms with van der Waals surface area (Å²) >= 11 is 0. The van der Waals surface area contributed by atoms with E-state index in [0.29, 0.717) is 12.1 Å². The Labute approximate surface area is 173 Å². The molecule has 2 aromatic rings. The third-order valence-electron chi connectivity index (χ3n) is 4.09. The zero-order valence-corrected chi connectivity index (χ0v) is 16.4. The lowest BCUT2D eigenvalue weighted by Gasteiger charge is -2.16. The maximum absolute atomic E-state index is 12.1. The molecule has 2 amide bonds. The molecule has 0 spiro atoms. The van der Waals surface area contributed by atoms with E-state index >= 15 is 0 Å². The summed E-state index contributed by atoms with van der Waals surface area (Å²) in [6.45, 7) is 0.856. The molecule has 2 N–H and O–H groups in total. The van der Waals surface area contributed by atoms with Crippen LogP contribution in [0.25, 0.3) is 0 Å². The van der Waals surface area contributed by atoms with E-state index in [2.05, 4.69) is 10.6 Å². The quantitative estimate of drug-likeness (QED) is 0.613. The number of benzene rings is 2. The van der Waals surface area contributed by atoms with Crippen LogP contribution in [0.4, 0.5) is 5.69 Å². The highest BCUT2D eigenvalue weighted by atomic mass is 16.5. The number of carbonyl (C=O) groups excluding carboxylic acids is 4. The van der Waals surface area contributed by atoms with Crippen molar-refractivity contribution in [3.8, 4) is 6.07 Å². The molecule has 1 atom stereocenters. The topological polar surface area (TPSA) is 125 Å². The van der Waals surface area contributed by atoms with Gasteiger partial charge in [-0.05, 0) is 43.2 Å². The summed E-state index contributed by atoms with van der Waals surface area (Å²) in [5, 5.41) is 13.5. The van der Waals surface area contributed by atoms with Crippen molar-refractivity contribution in [3.05, 3.63) is 65.7 Å². The van der Waals surface area contributed by atoms with Gasteiger partial charge in [-0.3, -0.25) is 14.4 Å². The number of Topliss-reactive ketones (excluding diaryl/α,β-unsaturated/α-hetero) is 1. The molecule has 0 fully saturated rings. The minimum atomic E-state index is -0.720. The van der Waals surface area contributed by atoms with Crippen LogP contribution in [0.2, 0.25) is 0 Å². The van der Waals surface area contributed by atoms with E-state index in [0.717, 1.165) is 5.56 Å². The Morgan fingerprint density at radius 2 is 1.67 bits per heavy atom. The number of nitrogens with one attached hydrogen (secondary N) is 2. The maximum Gasteiger partial charge on any atom is 0.338 e. The van der Waals surface area contributed by atoms with E-state index in [1.807, 2.05) is 30.3 Å². The molecule has 0 aliphatic rings. The van der Waals surface area contributed by atoms with Crippen molar-refractivity contribution >= 4 is 29.3 Å². The Morgan fingerprint density at radius 1 is 1.00 bits per heavy atom. The van der Waals surface area contributed by atoms with Crippen molar-refractivity contribution in [1.29, 1.82) is 5.26 Å². The van der Waals surface area contributed by atoms with Gasteiger partial charge in [0.2, 0.25) is 5.91 Å². The van der Waals surface area contributed by atoms with Crippen molar-refractivity contribution in [2.45, 2.75) is 25.8 Å². The summed E-state index contributed by atoms with van der Waals surface area (Å²) in [7, 11) is 0. The van der Waals surface area contributed by atoms with Crippen LogP contribution in [-0.2, 0) is 25.5 Å². The Balaban J connectivity index is 1.85. The summed E-state index contributed by atoms with van der Waals surface area (Å²) in [6.07, 6.45) is 0.0687. The van der Waals surface area contributed by atoms with Crippen molar-refractivity contribution in [2.24, 2.45) is 0 Å². The number of ketones is 1. The molecule has 154 valence electrons. The van der Waals surface area contributed by atoms with Crippen LogP contribution in [0.3, 0.4) is 0 Å². The summed E-state index contributed by atoms with van der Waals surface area (Å²) in [6, 6.07) is 16.1. The number of carbonyl (C=O) groups is 4. The Bertz CT molecular complexity index is 949. The molecule has 0 heterocycles. The average Bonchev–Trinajstić information content (AvgIpc) is 2.73. The van der Waals surface area contributed by atoms with E-state index in [4.69, 9.17) is 10.00 Å². The van der Waals surface area contributed by atoms with Crippen molar-refractivity contribution < 1.29 is 23.9 Å². The first kappa shape index (κ1) is 22.3. The Hall–Kier alpha value is -3.99. The number of ether oxygens (including phenoxy) is 1. The minimum absolute atomic E-state index is 0.188. The van der Waals surface area contributed by atoms with Crippen LogP contribution in [0.1, 0.15) is 29.3 Å². The number of rotatable bonds is 9. The monoisotopic (exact) mass is 407 g/mol. The molecular formula is C22H21N3O5. The number of amides is 2. The van der Waals surface area contributed by atoms with Gasteiger partial charge in [0, 0.05) is 5.69 Å². The fraction of sp³-hybridized carbons (Fsp3) is 0.227. The molecule has 2 rings (SSSR count). The molecule has 0 aliphatic heterocycles. The molecule has 0 aromatic heterocycles. The minimum Gasteiger partial charge on any atom is -0.452 e. The molecule has 0 unspecified atom stereocenters. The van der Waals surface area contributed by atoms with Crippen LogP contribution >= 0.6 is 0 Å². The van der Waals surface area contributed by atoms with E-state index in [1.165, 1.54) is 31.2 Å². The summed E-state index contributed by atoms with van der Waals surface area (Å²) in [5.41, 5.74) is 1.51. The first-order valence-electron chi connectivity index (χ1n) is 9.16. The smallest absolute Gasteiger partial charge is 0.338 e. The van der Waals surface area contributed by atoms with Crippen LogP contribution in [0.15, 0.2) is 54.6 Å². The molecule has 0 bridgehead atoms. The summed E-state index contributed by atoms with van der Waals surface area (Å²) in [4.78, 5) is 47.4. The molecule has 8 heteroatoms. The zero-order chi connectivity index (χ0) is 21.9. The van der Waals surface area contributed by atoms with Gasteiger partial charge in [-0.2, -0.15) is 5.26 Å². The zero-order valence-electron chi connectivity index (χ0n) is 16.4. The normalized spacial score (nSPS) is 10.9. The fourth-order valence-corrected chi connectivity index (χ4v) is 2.56. The van der Waals surface area contributed by atoms with Crippen LogP contribution in [0, 0.1) is 11.3 Å². The highest BCUT2D eigenvalue weighted by molar-refractivity contribution is 5.95. The molecule has 2 aromatic carbocycles. The van der Waals surface area contributed by atoms with E-state index in [-0.39, 0.29) is 17.8 Å². The van der Waals surface area contributed by atoms with Gasteiger partial charge in [0.25, 0.3) is 5.91 Å². The lowest BCUT2D eigenvalue weighted by atomic mass is 10.0. The van der Waals surface area contributed by atoms with E-state index in [9.17, 15) is 19.2 Å². The van der Waals surface area contributed by atoms with Gasteiger partial charge in [0.15, 0.2) is 12.4 Å². The number of nitriles is 1. The molecule has 0 aliphatic carbocycles. The SMILES string of the molecule is CC(=O)[C@@H](Cc1ccccc1)NC(=O)COC(=O)c1ccc(NC(=O)CC#N)cc1. The summed E-state index contributed by atoms with van der Waals surface area (Å²) in [5.74, 6) is -1.96. The van der Waals surface area contributed by atoms with Gasteiger partial charge in [-0.25, -0.2) is 4.79 Å². The van der Waals surface area contributed by atoms with Crippen molar-refractivity contribution in [1.82, 2.24) is 5.32 Å². The van der Waals surface area contributed by atoms with E-state index < -0.39 is 30.4 Å². The van der Waals surface area contributed by atoms with Crippen LogP contribution in [0.5, 0.6) is 0 Å². The third-order valence-corrected chi connectivity index (χ3v) is 4.09. The predicted molar refractivity (Wildman–Crippen MR) is 108 cm³/mol. The fourth-order valence-electron chi connectivity index (χ4n) is 2.56.